The number of thiocarbonyl (C=S) groups is 1. The first kappa shape index (κ1) is 23.5. The van der Waals surface area contributed by atoms with Crippen LogP contribution in [0.15, 0.2) is 65.8 Å². The molecule has 33 heavy (non-hydrogen) atoms. The minimum Gasteiger partial charge on any atom is -0.481 e. The second-order valence-corrected chi connectivity index (χ2v) is 8.38. The summed E-state index contributed by atoms with van der Waals surface area (Å²) in [5, 5.41) is 15.8. The summed E-state index contributed by atoms with van der Waals surface area (Å²) in [6.45, 7) is 0. The molecule has 3 aromatic rings. The molecule has 1 heterocycles. The largest absolute Gasteiger partial charge is 0.481 e. The van der Waals surface area contributed by atoms with E-state index in [-0.39, 0.29) is 33.0 Å². The molecule has 170 valence electrons. The molecule has 2 aromatic carbocycles. The van der Waals surface area contributed by atoms with E-state index in [4.69, 9.17) is 17.0 Å². The van der Waals surface area contributed by atoms with Crippen molar-refractivity contribution >= 4 is 50.5 Å². The molecule has 0 saturated carbocycles. The third-order valence-electron chi connectivity index (χ3n) is 4.08. The van der Waals surface area contributed by atoms with Gasteiger partial charge in [0.2, 0.25) is 5.88 Å². The fourth-order valence-corrected chi connectivity index (χ4v) is 3.70. The van der Waals surface area contributed by atoms with Crippen molar-refractivity contribution in [2.75, 3.05) is 17.1 Å². The topological polar surface area (TPSA) is 165 Å². The molecule has 12 nitrogen and oxygen atoms in total. The van der Waals surface area contributed by atoms with Crippen LogP contribution in [0, 0.1) is 10.1 Å². The lowest BCUT2D eigenvalue weighted by Gasteiger charge is -2.11. The predicted molar refractivity (Wildman–Crippen MR) is 123 cm³/mol. The minimum atomic E-state index is -3.92. The number of nitro benzene ring substituents is 1. The molecule has 3 rings (SSSR count). The number of aromatic nitrogens is 2. The first-order valence-electron chi connectivity index (χ1n) is 9.03. The molecule has 3 N–H and O–H groups in total. The number of sulfonamides is 1. The predicted octanol–water partition coefficient (Wildman–Crippen LogP) is 2.32. The maximum atomic E-state index is 12.5. The SMILES string of the molecule is COc1cc(NS(=O)(=O)c2ccc(NC(=S)NC(=O)c3ccc([N+](=O)[O-])cc3)cc2)ncn1. The second kappa shape index (κ2) is 9.97. The highest BCUT2D eigenvalue weighted by Crippen LogP contribution is 2.19. The van der Waals surface area contributed by atoms with E-state index in [1.54, 1.807) is 0 Å². The molecule has 1 aromatic heterocycles. The molecule has 0 bridgehead atoms. The zero-order valence-electron chi connectivity index (χ0n) is 16.9. The number of carbonyl (C=O) groups excluding carboxylic acids is 1. The van der Waals surface area contributed by atoms with Crippen molar-refractivity contribution in [3.8, 4) is 5.88 Å². The number of anilines is 2. The van der Waals surface area contributed by atoms with Crippen LogP contribution in [0.4, 0.5) is 17.2 Å². The molecule has 0 spiro atoms. The number of hydrogen-bond acceptors (Lipinski definition) is 9. The van der Waals surface area contributed by atoms with E-state index in [9.17, 15) is 23.3 Å². The van der Waals surface area contributed by atoms with E-state index in [0.29, 0.717) is 5.69 Å². The third-order valence-corrected chi connectivity index (χ3v) is 5.65. The molecule has 0 saturated heterocycles. The lowest BCUT2D eigenvalue weighted by molar-refractivity contribution is -0.384. The number of hydrogen-bond donors (Lipinski definition) is 3. The maximum Gasteiger partial charge on any atom is 0.269 e. The molecule has 0 unspecified atom stereocenters. The number of rotatable bonds is 7. The Bertz CT molecular complexity index is 1300. The van der Waals surface area contributed by atoms with Crippen LogP contribution in [-0.4, -0.2) is 41.4 Å². The third kappa shape index (κ3) is 6.18. The van der Waals surface area contributed by atoms with E-state index < -0.39 is 20.9 Å². The minimum absolute atomic E-state index is 0.0357. The summed E-state index contributed by atoms with van der Waals surface area (Å²) < 4.78 is 32.3. The summed E-state index contributed by atoms with van der Waals surface area (Å²) in [6, 6.07) is 11.9. The lowest BCUT2D eigenvalue weighted by Crippen LogP contribution is -2.34. The Morgan fingerprint density at radius 1 is 1.09 bits per heavy atom. The number of nitrogens with one attached hydrogen (secondary N) is 3. The van der Waals surface area contributed by atoms with Crippen molar-refractivity contribution in [3.05, 3.63) is 76.6 Å². The summed E-state index contributed by atoms with van der Waals surface area (Å²) >= 11 is 5.09. The van der Waals surface area contributed by atoms with Crippen LogP contribution in [0.5, 0.6) is 5.88 Å². The van der Waals surface area contributed by atoms with Crippen molar-refractivity contribution in [2.45, 2.75) is 4.90 Å². The summed E-state index contributed by atoms with van der Waals surface area (Å²) in [5.74, 6) is -0.322. The van der Waals surface area contributed by atoms with Gasteiger partial charge in [-0.25, -0.2) is 18.4 Å². The number of methoxy groups -OCH3 is 1. The first-order chi connectivity index (χ1) is 15.7. The number of benzene rings is 2. The van der Waals surface area contributed by atoms with Gasteiger partial charge in [-0.05, 0) is 48.6 Å². The quantitative estimate of drug-likeness (QED) is 0.255. The van der Waals surface area contributed by atoms with Gasteiger partial charge in [-0.1, -0.05) is 0 Å². The van der Waals surface area contributed by atoms with Crippen molar-refractivity contribution < 1.29 is 22.9 Å². The van der Waals surface area contributed by atoms with Crippen LogP contribution in [0.2, 0.25) is 0 Å². The van der Waals surface area contributed by atoms with Gasteiger partial charge in [0.05, 0.1) is 16.9 Å². The van der Waals surface area contributed by atoms with Gasteiger partial charge in [0.15, 0.2) is 5.11 Å². The van der Waals surface area contributed by atoms with Crippen LogP contribution in [0.3, 0.4) is 0 Å². The number of carbonyl (C=O) groups is 1. The second-order valence-electron chi connectivity index (χ2n) is 6.29. The number of nitrogens with zero attached hydrogens (tertiary/aromatic N) is 3. The smallest absolute Gasteiger partial charge is 0.269 e. The average molecular weight is 489 g/mol. The van der Waals surface area contributed by atoms with Crippen LogP contribution in [-0.2, 0) is 10.0 Å². The summed E-state index contributed by atoms with van der Waals surface area (Å²) in [6.07, 6.45) is 1.16. The number of non-ortho nitro benzene ring substituents is 1. The van der Waals surface area contributed by atoms with Crippen LogP contribution < -0.4 is 20.1 Å². The highest BCUT2D eigenvalue weighted by molar-refractivity contribution is 7.92. The average Bonchev–Trinajstić information content (AvgIpc) is 2.79. The molecular formula is C19H16N6O6S2. The maximum absolute atomic E-state index is 12.5. The fourth-order valence-electron chi connectivity index (χ4n) is 2.49. The monoisotopic (exact) mass is 488 g/mol. The van der Waals surface area contributed by atoms with E-state index >= 15 is 0 Å². The summed E-state index contributed by atoms with van der Waals surface area (Å²) in [4.78, 5) is 29.9. The van der Waals surface area contributed by atoms with Crippen molar-refractivity contribution in [3.63, 3.8) is 0 Å². The summed E-state index contributed by atoms with van der Waals surface area (Å²) in [7, 11) is -2.53. The molecule has 0 radical (unpaired) electrons. The highest BCUT2D eigenvalue weighted by atomic mass is 32.2. The van der Waals surface area contributed by atoms with Gasteiger partial charge in [0.1, 0.15) is 12.1 Å². The Morgan fingerprint density at radius 2 is 1.76 bits per heavy atom. The summed E-state index contributed by atoms with van der Waals surface area (Å²) in [5.41, 5.74) is 0.459. The van der Waals surface area contributed by atoms with Gasteiger partial charge < -0.3 is 10.1 Å². The zero-order valence-corrected chi connectivity index (χ0v) is 18.5. The number of ether oxygens (including phenoxy) is 1. The molecule has 0 aliphatic heterocycles. The molecule has 1 amide bonds. The van der Waals surface area contributed by atoms with Crippen molar-refractivity contribution in [1.29, 1.82) is 0 Å². The van der Waals surface area contributed by atoms with Gasteiger partial charge in [0, 0.05) is 29.4 Å². The molecule has 14 heteroatoms. The van der Waals surface area contributed by atoms with Gasteiger partial charge in [0.25, 0.3) is 21.6 Å². The van der Waals surface area contributed by atoms with Crippen molar-refractivity contribution in [2.24, 2.45) is 0 Å². The Hall–Kier alpha value is -4.17. The van der Waals surface area contributed by atoms with E-state index in [0.717, 1.165) is 6.33 Å². The number of nitro groups is 1. The number of amides is 1. The van der Waals surface area contributed by atoms with E-state index in [2.05, 4.69) is 25.3 Å². The molecule has 0 atom stereocenters. The van der Waals surface area contributed by atoms with E-state index in [1.165, 1.54) is 61.7 Å². The standard InChI is InChI=1S/C19H16N6O6S2/c1-31-17-10-16(20-11-21-17)24-33(29,30)15-8-4-13(5-9-15)22-19(32)23-18(26)12-2-6-14(7-3-12)25(27)28/h2-11H,1H3,(H,20,21,24)(H2,22,23,26,32). The van der Waals surface area contributed by atoms with Crippen LogP contribution >= 0.6 is 12.2 Å². The van der Waals surface area contributed by atoms with Gasteiger partial charge in [-0.2, -0.15) is 0 Å². The molecule has 0 fully saturated rings. The normalized spacial score (nSPS) is 10.7. The highest BCUT2D eigenvalue weighted by Gasteiger charge is 2.16. The van der Waals surface area contributed by atoms with Gasteiger partial charge in [-0.3, -0.25) is 24.9 Å². The molecule has 0 aliphatic rings. The zero-order chi connectivity index (χ0) is 24.0. The van der Waals surface area contributed by atoms with Crippen LogP contribution in [0.25, 0.3) is 0 Å². The Kier molecular flexibility index (Phi) is 7.10. The lowest BCUT2D eigenvalue weighted by atomic mass is 10.2. The fraction of sp³-hybridized carbons (Fsp3) is 0.0526. The van der Waals surface area contributed by atoms with Gasteiger partial charge >= 0.3 is 0 Å². The van der Waals surface area contributed by atoms with E-state index in [1.807, 2.05) is 0 Å². The first-order valence-corrected chi connectivity index (χ1v) is 10.9. The van der Waals surface area contributed by atoms with Crippen molar-refractivity contribution in [1.82, 2.24) is 15.3 Å². The molecule has 0 aliphatic carbocycles. The Balaban J connectivity index is 1.61. The Labute approximate surface area is 193 Å². The Morgan fingerprint density at radius 3 is 2.36 bits per heavy atom. The molecular weight excluding hydrogens is 472 g/mol. The van der Waals surface area contributed by atoms with Crippen LogP contribution in [0.1, 0.15) is 10.4 Å². The van der Waals surface area contributed by atoms with Gasteiger partial charge in [-0.15, -0.1) is 0 Å².